The lowest BCUT2D eigenvalue weighted by molar-refractivity contribution is -0.0317. The van der Waals surface area contributed by atoms with E-state index < -0.39 is 9.76 Å². The second-order valence-corrected chi connectivity index (χ2v) is 5.93. The Bertz CT molecular complexity index is 295. The van der Waals surface area contributed by atoms with Crippen LogP contribution in [0, 0.1) is 0 Å². The van der Waals surface area contributed by atoms with Gasteiger partial charge in [-0.15, -0.1) is 0 Å². The molecule has 0 saturated heterocycles. The Morgan fingerprint density at radius 2 is 1.56 bits per heavy atom. The summed E-state index contributed by atoms with van der Waals surface area (Å²) in [6.07, 6.45) is 1.81. The first kappa shape index (κ1) is 17.6. The smallest absolute Gasteiger partial charge is 0.186 e. The fourth-order valence-corrected chi connectivity index (χ4v) is 1.87. The van der Waals surface area contributed by atoms with Gasteiger partial charge in [-0.1, -0.05) is 12.5 Å². The van der Waals surface area contributed by atoms with E-state index in [9.17, 15) is 0 Å². The van der Waals surface area contributed by atoms with E-state index in [-0.39, 0.29) is 0 Å². The Kier molecular flexibility index (Phi) is 10.2. The molecule has 106 valence electrons. The van der Waals surface area contributed by atoms with Gasteiger partial charge in [0, 0.05) is 7.11 Å². The average Bonchev–Trinajstić information content (AvgIpc) is 2.39. The van der Waals surface area contributed by atoms with Gasteiger partial charge in [0.15, 0.2) is 9.76 Å². The molecule has 18 heavy (non-hydrogen) atoms. The average molecular weight is 272 g/mol. The van der Waals surface area contributed by atoms with Crippen LogP contribution in [-0.4, -0.2) is 36.5 Å². The van der Waals surface area contributed by atoms with Gasteiger partial charge in [0.1, 0.15) is 6.79 Å². The molecule has 0 aromatic rings. The van der Waals surface area contributed by atoms with Crippen molar-refractivity contribution in [2.24, 2.45) is 0 Å². The summed E-state index contributed by atoms with van der Waals surface area (Å²) in [5.41, 5.74) is 5.43. The standard InChI is InChI=1S/C14H28O3Si/c1-7-11(2)13(4)14(5)12(3)8-16-9-17-10-18-15-6/h7-10,18H2,1-6H3/b13-11+,14-12+. The van der Waals surface area contributed by atoms with Gasteiger partial charge in [-0.25, -0.2) is 0 Å². The van der Waals surface area contributed by atoms with Crippen LogP contribution in [-0.2, 0) is 13.9 Å². The van der Waals surface area contributed by atoms with Crippen LogP contribution in [0.1, 0.15) is 41.0 Å². The van der Waals surface area contributed by atoms with Gasteiger partial charge in [0.25, 0.3) is 0 Å². The minimum atomic E-state index is -0.490. The van der Waals surface area contributed by atoms with E-state index in [0.29, 0.717) is 19.6 Å². The van der Waals surface area contributed by atoms with Crippen molar-refractivity contribution in [3.05, 3.63) is 22.3 Å². The van der Waals surface area contributed by atoms with E-state index in [4.69, 9.17) is 13.9 Å². The van der Waals surface area contributed by atoms with Crippen molar-refractivity contribution in [3.63, 3.8) is 0 Å². The molecular weight excluding hydrogens is 244 g/mol. The molecule has 0 saturated carbocycles. The molecule has 0 aromatic carbocycles. The minimum Gasteiger partial charge on any atom is -0.425 e. The summed E-state index contributed by atoms with van der Waals surface area (Å²) in [5.74, 6) is 0. The predicted octanol–water partition coefficient (Wildman–Crippen LogP) is 2.75. The molecule has 0 aliphatic heterocycles. The zero-order valence-corrected chi connectivity index (χ0v) is 14.2. The number of hydrogen-bond acceptors (Lipinski definition) is 3. The summed E-state index contributed by atoms with van der Waals surface area (Å²) in [4.78, 5) is 0. The van der Waals surface area contributed by atoms with Gasteiger partial charge in [-0.05, 0) is 50.8 Å². The molecule has 0 fully saturated rings. The van der Waals surface area contributed by atoms with Gasteiger partial charge >= 0.3 is 0 Å². The van der Waals surface area contributed by atoms with Crippen molar-refractivity contribution in [2.45, 2.75) is 41.0 Å². The van der Waals surface area contributed by atoms with Crippen LogP contribution in [0.3, 0.4) is 0 Å². The lowest BCUT2D eigenvalue weighted by Gasteiger charge is -2.12. The highest BCUT2D eigenvalue weighted by molar-refractivity contribution is 6.26. The summed E-state index contributed by atoms with van der Waals surface area (Å²) < 4.78 is 15.8. The second kappa shape index (κ2) is 10.5. The summed E-state index contributed by atoms with van der Waals surface area (Å²) in [6.45, 7) is 11.8. The first-order chi connectivity index (χ1) is 8.54. The molecule has 0 unspecified atom stereocenters. The zero-order valence-electron chi connectivity index (χ0n) is 12.8. The van der Waals surface area contributed by atoms with E-state index in [0.717, 1.165) is 6.42 Å². The van der Waals surface area contributed by atoms with Crippen LogP contribution in [0.15, 0.2) is 22.3 Å². The molecule has 0 spiro atoms. The minimum absolute atomic E-state index is 0.358. The van der Waals surface area contributed by atoms with Crippen molar-refractivity contribution < 1.29 is 13.9 Å². The number of ether oxygens (including phenoxy) is 2. The molecule has 4 heteroatoms. The molecule has 0 rings (SSSR count). The quantitative estimate of drug-likeness (QED) is 0.279. The van der Waals surface area contributed by atoms with Crippen LogP contribution in [0.5, 0.6) is 0 Å². The fraction of sp³-hybridized carbons (Fsp3) is 0.714. The number of allylic oxidation sites excluding steroid dienone is 3. The van der Waals surface area contributed by atoms with Gasteiger partial charge < -0.3 is 13.9 Å². The third-order valence-corrected chi connectivity index (χ3v) is 4.15. The van der Waals surface area contributed by atoms with Crippen LogP contribution < -0.4 is 0 Å². The topological polar surface area (TPSA) is 27.7 Å². The monoisotopic (exact) mass is 272 g/mol. The summed E-state index contributed by atoms with van der Waals surface area (Å²) >= 11 is 0. The molecule has 0 aliphatic rings. The van der Waals surface area contributed by atoms with Crippen molar-refractivity contribution in [1.29, 1.82) is 0 Å². The molecule has 0 atom stereocenters. The lowest BCUT2D eigenvalue weighted by atomic mass is 9.98. The molecule has 0 radical (unpaired) electrons. The summed E-state index contributed by atoms with van der Waals surface area (Å²) in [7, 11) is 1.23. The Balaban J connectivity index is 4.10. The Hall–Kier alpha value is -0.423. The maximum absolute atomic E-state index is 5.49. The van der Waals surface area contributed by atoms with Gasteiger partial charge in [0.2, 0.25) is 0 Å². The van der Waals surface area contributed by atoms with Gasteiger partial charge in [-0.3, -0.25) is 0 Å². The second-order valence-electron chi connectivity index (χ2n) is 4.53. The molecule has 0 heterocycles. The van der Waals surface area contributed by atoms with Gasteiger partial charge in [0.05, 0.1) is 12.8 Å². The van der Waals surface area contributed by atoms with Crippen LogP contribution >= 0.6 is 0 Å². The molecular formula is C14H28O3Si. The highest BCUT2D eigenvalue weighted by Gasteiger charge is 2.02. The van der Waals surface area contributed by atoms with Crippen LogP contribution in [0.2, 0.25) is 0 Å². The van der Waals surface area contributed by atoms with Crippen molar-refractivity contribution in [3.8, 4) is 0 Å². The predicted molar refractivity (Wildman–Crippen MR) is 79.4 cm³/mol. The first-order valence-electron chi connectivity index (χ1n) is 6.52. The zero-order chi connectivity index (χ0) is 14.0. The molecule has 0 N–H and O–H groups in total. The highest BCUT2D eigenvalue weighted by Crippen LogP contribution is 2.19. The normalized spacial score (nSPS) is 15.0. The number of hydrogen-bond donors (Lipinski definition) is 0. The van der Waals surface area contributed by atoms with Crippen LogP contribution in [0.4, 0.5) is 0 Å². The first-order valence-corrected chi connectivity index (χ1v) is 8.09. The largest absolute Gasteiger partial charge is 0.425 e. The molecule has 0 bridgehead atoms. The maximum Gasteiger partial charge on any atom is 0.186 e. The van der Waals surface area contributed by atoms with Gasteiger partial charge in [-0.2, -0.15) is 0 Å². The Labute approximate surface area is 114 Å². The Morgan fingerprint density at radius 3 is 2.11 bits per heavy atom. The maximum atomic E-state index is 5.49. The SMILES string of the molecule is CC/C(C)=C(C)/C(C)=C(\C)COCOC[SiH2]OC. The third kappa shape index (κ3) is 7.11. The van der Waals surface area contributed by atoms with E-state index in [1.54, 1.807) is 7.11 Å². The molecule has 0 aromatic heterocycles. The third-order valence-electron chi connectivity index (χ3n) is 3.29. The Morgan fingerprint density at radius 1 is 0.944 bits per heavy atom. The van der Waals surface area contributed by atoms with Crippen molar-refractivity contribution in [1.82, 2.24) is 0 Å². The van der Waals surface area contributed by atoms with Crippen molar-refractivity contribution >= 4 is 9.76 Å². The number of rotatable bonds is 9. The molecule has 0 amide bonds. The van der Waals surface area contributed by atoms with Crippen LogP contribution in [0.25, 0.3) is 0 Å². The summed E-state index contributed by atoms with van der Waals surface area (Å²) in [5, 5.41) is 0. The van der Waals surface area contributed by atoms with E-state index in [1.807, 2.05) is 0 Å². The van der Waals surface area contributed by atoms with Crippen molar-refractivity contribution in [2.75, 3.05) is 26.7 Å². The fourth-order valence-electron chi connectivity index (χ4n) is 1.47. The van der Waals surface area contributed by atoms with E-state index in [2.05, 4.69) is 34.6 Å². The van der Waals surface area contributed by atoms with E-state index >= 15 is 0 Å². The highest BCUT2D eigenvalue weighted by atomic mass is 28.2. The molecule has 3 nitrogen and oxygen atoms in total. The molecule has 0 aliphatic carbocycles. The lowest BCUT2D eigenvalue weighted by Crippen LogP contribution is -2.10. The van der Waals surface area contributed by atoms with E-state index in [1.165, 1.54) is 22.3 Å². The summed E-state index contributed by atoms with van der Waals surface area (Å²) in [6, 6.07) is 0.